The molecule has 0 saturated carbocycles. The van der Waals surface area contributed by atoms with Gasteiger partial charge >= 0.3 is 5.97 Å². The number of hydrogen-bond donors (Lipinski definition) is 1. The van der Waals surface area contributed by atoms with Crippen LogP contribution in [0.25, 0.3) is 0 Å². The van der Waals surface area contributed by atoms with E-state index in [2.05, 4.69) is 0 Å². The number of nitrogens with zero attached hydrogens (tertiary/aromatic N) is 1. The van der Waals surface area contributed by atoms with Crippen LogP contribution in [-0.4, -0.2) is 35.0 Å². The Labute approximate surface area is 98.6 Å². The van der Waals surface area contributed by atoms with Crippen LogP contribution in [-0.2, 0) is 11.3 Å². The molecule has 0 aromatic heterocycles. The highest BCUT2D eigenvalue weighted by Gasteiger charge is 2.20. The van der Waals surface area contributed by atoms with Gasteiger partial charge in [-0.3, -0.25) is 4.79 Å². The number of carbonyl (C=O) groups is 2. The largest absolute Gasteiger partial charge is 0.491 e. The molecule has 90 valence electrons. The maximum absolute atomic E-state index is 10.9. The molecule has 0 unspecified atom stereocenters. The van der Waals surface area contributed by atoms with Crippen LogP contribution in [0.4, 0.5) is 0 Å². The maximum Gasteiger partial charge on any atom is 0.335 e. The van der Waals surface area contributed by atoms with Crippen molar-refractivity contribution in [3.63, 3.8) is 0 Å². The van der Waals surface area contributed by atoms with E-state index in [0.717, 1.165) is 12.0 Å². The molecule has 1 amide bonds. The van der Waals surface area contributed by atoms with Gasteiger partial charge in [-0.15, -0.1) is 0 Å². The first-order valence-corrected chi connectivity index (χ1v) is 5.32. The standard InChI is InChI=1S/C12H13NO4/c1-8-6-17-11-4-9(12(15)16)2-3-10(11)5-13(8)7-14/h2-4,7-8H,5-6H2,1H3,(H,15,16)/t8-/m0/s1. The van der Waals surface area contributed by atoms with E-state index in [1.54, 1.807) is 11.0 Å². The summed E-state index contributed by atoms with van der Waals surface area (Å²) in [6.45, 7) is 2.70. The minimum Gasteiger partial charge on any atom is -0.491 e. The van der Waals surface area contributed by atoms with Gasteiger partial charge in [0.1, 0.15) is 12.4 Å². The lowest BCUT2D eigenvalue weighted by molar-refractivity contribution is -0.120. The number of hydrogen-bond acceptors (Lipinski definition) is 3. The lowest BCUT2D eigenvalue weighted by Crippen LogP contribution is -2.33. The van der Waals surface area contributed by atoms with Crippen LogP contribution in [0, 0.1) is 0 Å². The fourth-order valence-corrected chi connectivity index (χ4v) is 1.75. The summed E-state index contributed by atoms with van der Waals surface area (Å²) in [5, 5.41) is 8.88. The number of rotatable bonds is 2. The number of carboxylic acid groups (broad SMARTS) is 1. The molecular weight excluding hydrogens is 222 g/mol. The first-order valence-electron chi connectivity index (χ1n) is 5.32. The molecule has 1 N–H and O–H groups in total. The van der Waals surface area contributed by atoms with E-state index in [-0.39, 0.29) is 11.6 Å². The molecule has 5 heteroatoms. The first kappa shape index (κ1) is 11.4. The van der Waals surface area contributed by atoms with Gasteiger partial charge in [-0.2, -0.15) is 0 Å². The topological polar surface area (TPSA) is 66.8 Å². The fourth-order valence-electron chi connectivity index (χ4n) is 1.75. The van der Waals surface area contributed by atoms with Gasteiger partial charge in [-0.25, -0.2) is 4.79 Å². The first-order chi connectivity index (χ1) is 8.11. The van der Waals surface area contributed by atoms with Crippen LogP contribution in [0.15, 0.2) is 18.2 Å². The Morgan fingerprint density at radius 2 is 2.35 bits per heavy atom. The average Bonchev–Trinajstić information content (AvgIpc) is 2.48. The molecule has 17 heavy (non-hydrogen) atoms. The zero-order valence-electron chi connectivity index (χ0n) is 9.42. The van der Waals surface area contributed by atoms with E-state index in [9.17, 15) is 9.59 Å². The molecule has 1 aliphatic heterocycles. The molecule has 0 saturated heterocycles. The van der Waals surface area contributed by atoms with Gasteiger partial charge in [0.15, 0.2) is 0 Å². The van der Waals surface area contributed by atoms with E-state index >= 15 is 0 Å². The predicted molar refractivity (Wildman–Crippen MR) is 60.0 cm³/mol. The average molecular weight is 235 g/mol. The number of amides is 1. The van der Waals surface area contributed by atoms with Crippen molar-refractivity contribution in [2.75, 3.05) is 6.61 Å². The molecule has 1 atom stereocenters. The Hall–Kier alpha value is -2.04. The SMILES string of the molecule is C[C@H]1COc2cc(C(=O)O)ccc2CN1C=O. The second-order valence-electron chi connectivity index (χ2n) is 4.07. The van der Waals surface area contributed by atoms with Crippen molar-refractivity contribution >= 4 is 12.4 Å². The molecule has 0 radical (unpaired) electrons. The van der Waals surface area contributed by atoms with E-state index < -0.39 is 5.97 Å². The number of carbonyl (C=O) groups excluding carboxylic acids is 1. The number of carboxylic acids is 1. The summed E-state index contributed by atoms with van der Waals surface area (Å²) in [7, 11) is 0. The van der Waals surface area contributed by atoms with Gasteiger partial charge in [0.25, 0.3) is 0 Å². The maximum atomic E-state index is 10.9. The van der Waals surface area contributed by atoms with Crippen molar-refractivity contribution < 1.29 is 19.4 Å². The molecule has 0 aliphatic carbocycles. The van der Waals surface area contributed by atoms with E-state index in [1.165, 1.54) is 12.1 Å². The molecule has 1 aromatic rings. The van der Waals surface area contributed by atoms with Crippen molar-refractivity contribution in [2.24, 2.45) is 0 Å². The van der Waals surface area contributed by atoms with Crippen LogP contribution >= 0.6 is 0 Å². The minimum absolute atomic E-state index is 0.0202. The Kier molecular flexibility index (Phi) is 2.99. The highest BCUT2D eigenvalue weighted by Crippen LogP contribution is 2.25. The lowest BCUT2D eigenvalue weighted by atomic mass is 10.1. The Morgan fingerprint density at radius 3 is 3.00 bits per heavy atom. The van der Waals surface area contributed by atoms with Gasteiger partial charge in [-0.1, -0.05) is 6.07 Å². The van der Waals surface area contributed by atoms with E-state index in [4.69, 9.17) is 9.84 Å². The smallest absolute Gasteiger partial charge is 0.335 e. The summed E-state index contributed by atoms with van der Waals surface area (Å²) in [6.07, 6.45) is 0.786. The quantitative estimate of drug-likeness (QED) is 0.780. The number of benzene rings is 1. The monoisotopic (exact) mass is 235 g/mol. The van der Waals surface area contributed by atoms with Crippen LogP contribution in [0.1, 0.15) is 22.8 Å². The van der Waals surface area contributed by atoms with Gasteiger partial charge < -0.3 is 14.7 Å². The number of aromatic carboxylic acids is 1. The fraction of sp³-hybridized carbons (Fsp3) is 0.333. The van der Waals surface area contributed by atoms with Crippen molar-refractivity contribution in [3.05, 3.63) is 29.3 Å². The molecule has 5 nitrogen and oxygen atoms in total. The molecule has 0 bridgehead atoms. The van der Waals surface area contributed by atoms with Crippen molar-refractivity contribution in [3.8, 4) is 5.75 Å². The number of ether oxygens (including phenoxy) is 1. The number of fused-ring (bicyclic) bond motifs is 1. The van der Waals surface area contributed by atoms with Gasteiger partial charge in [0.05, 0.1) is 11.6 Å². The minimum atomic E-state index is -0.985. The predicted octanol–water partition coefficient (Wildman–Crippen LogP) is 1.12. The molecule has 2 rings (SSSR count). The zero-order chi connectivity index (χ0) is 12.4. The summed E-state index contributed by atoms with van der Waals surface area (Å²) in [6, 6.07) is 4.68. The third-order valence-corrected chi connectivity index (χ3v) is 2.85. The Balaban J connectivity index is 2.35. The summed E-state index contributed by atoms with van der Waals surface area (Å²) in [4.78, 5) is 23.4. The van der Waals surface area contributed by atoms with Gasteiger partial charge in [0.2, 0.25) is 6.41 Å². The zero-order valence-corrected chi connectivity index (χ0v) is 9.42. The van der Waals surface area contributed by atoms with Crippen molar-refractivity contribution in [2.45, 2.75) is 19.5 Å². The van der Waals surface area contributed by atoms with E-state index in [1.807, 2.05) is 6.92 Å². The normalized spacial score (nSPS) is 18.9. The second kappa shape index (κ2) is 4.45. The Bertz CT molecular complexity index is 458. The summed E-state index contributed by atoms with van der Waals surface area (Å²) >= 11 is 0. The molecule has 1 heterocycles. The third-order valence-electron chi connectivity index (χ3n) is 2.85. The van der Waals surface area contributed by atoms with Gasteiger partial charge in [0, 0.05) is 12.1 Å². The molecule has 0 fully saturated rings. The van der Waals surface area contributed by atoms with E-state index in [0.29, 0.717) is 18.9 Å². The summed E-state index contributed by atoms with van der Waals surface area (Å²) < 4.78 is 5.52. The van der Waals surface area contributed by atoms with Gasteiger partial charge in [-0.05, 0) is 19.1 Å². The van der Waals surface area contributed by atoms with Crippen LogP contribution < -0.4 is 4.74 Å². The van der Waals surface area contributed by atoms with Crippen molar-refractivity contribution in [1.82, 2.24) is 4.90 Å². The molecular formula is C12H13NO4. The van der Waals surface area contributed by atoms with Crippen molar-refractivity contribution in [1.29, 1.82) is 0 Å². The summed E-state index contributed by atoms with van der Waals surface area (Å²) in [5.74, 6) is -0.443. The molecule has 1 aromatic carbocycles. The van der Waals surface area contributed by atoms with Crippen LogP contribution in [0.5, 0.6) is 5.75 Å². The molecule has 0 spiro atoms. The Morgan fingerprint density at radius 1 is 1.59 bits per heavy atom. The highest BCUT2D eigenvalue weighted by atomic mass is 16.5. The second-order valence-corrected chi connectivity index (χ2v) is 4.07. The third kappa shape index (κ3) is 2.22. The lowest BCUT2D eigenvalue weighted by Gasteiger charge is -2.20. The summed E-state index contributed by atoms with van der Waals surface area (Å²) in [5.41, 5.74) is 1.02. The van der Waals surface area contributed by atoms with Crippen LogP contribution in [0.2, 0.25) is 0 Å². The van der Waals surface area contributed by atoms with Crippen LogP contribution in [0.3, 0.4) is 0 Å². The molecule has 1 aliphatic rings. The highest BCUT2D eigenvalue weighted by molar-refractivity contribution is 5.88.